The Morgan fingerprint density at radius 3 is 2.72 bits per heavy atom. The van der Waals surface area contributed by atoms with Crippen LogP contribution in [-0.4, -0.2) is 18.9 Å². The molecule has 0 bridgehead atoms. The minimum atomic E-state index is 0.546. The van der Waals surface area contributed by atoms with Gasteiger partial charge in [-0.3, -0.25) is 4.79 Å². The summed E-state index contributed by atoms with van der Waals surface area (Å²) >= 11 is 0. The number of anilines is 1. The van der Waals surface area contributed by atoms with Crippen LogP contribution in [0.4, 0.5) is 5.69 Å². The molecule has 0 radical (unpaired) electrons. The van der Waals surface area contributed by atoms with Crippen LogP contribution in [0.15, 0.2) is 18.2 Å². The molecule has 0 atom stereocenters. The molecule has 1 aromatic carbocycles. The Morgan fingerprint density at radius 2 is 2.17 bits per heavy atom. The molecule has 1 aliphatic rings. The zero-order valence-electron chi connectivity index (χ0n) is 10.7. The zero-order valence-corrected chi connectivity index (χ0v) is 10.7. The largest absolute Gasteiger partial charge is 0.368 e. The Balaban J connectivity index is 2.35. The number of nitriles is 1. The molecule has 0 N–H and O–H groups in total. The summed E-state index contributed by atoms with van der Waals surface area (Å²) in [6, 6.07) is 8.13. The van der Waals surface area contributed by atoms with Gasteiger partial charge in [0, 0.05) is 18.2 Å². The van der Waals surface area contributed by atoms with E-state index in [1.54, 1.807) is 12.1 Å². The predicted molar refractivity (Wildman–Crippen MR) is 71.8 cm³/mol. The maximum atomic E-state index is 10.8. The molecular weight excluding hydrogens is 224 g/mol. The summed E-state index contributed by atoms with van der Waals surface area (Å²) in [5.41, 5.74) is 2.14. The van der Waals surface area contributed by atoms with Crippen LogP contribution in [0.3, 0.4) is 0 Å². The third-order valence-electron chi connectivity index (χ3n) is 3.69. The number of benzene rings is 1. The molecule has 18 heavy (non-hydrogen) atoms. The molecule has 1 fully saturated rings. The Hall–Kier alpha value is -1.82. The van der Waals surface area contributed by atoms with Crippen molar-refractivity contribution < 1.29 is 4.79 Å². The minimum Gasteiger partial charge on any atom is -0.368 e. The van der Waals surface area contributed by atoms with Crippen molar-refractivity contribution in [2.24, 2.45) is 0 Å². The molecule has 3 nitrogen and oxygen atoms in total. The number of nitrogens with zero attached hydrogens (tertiary/aromatic N) is 2. The van der Waals surface area contributed by atoms with Crippen LogP contribution in [0.1, 0.15) is 48.5 Å². The third-order valence-corrected chi connectivity index (χ3v) is 3.69. The molecule has 0 unspecified atom stereocenters. The lowest BCUT2D eigenvalue weighted by atomic mass is 10.1. The lowest BCUT2D eigenvalue weighted by Gasteiger charge is -2.30. The number of carbonyl (C=O) groups excluding carboxylic acids is 1. The number of hydrogen-bond acceptors (Lipinski definition) is 3. The summed E-state index contributed by atoms with van der Waals surface area (Å²) in [7, 11) is 0. The Kier molecular flexibility index (Phi) is 3.99. The molecule has 0 amide bonds. The van der Waals surface area contributed by atoms with Crippen molar-refractivity contribution in [3.05, 3.63) is 29.3 Å². The maximum absolute atomic E-state index is 10.8. The summed E-state index contributed by atoms with van der Waals surface area (Å²) in [6.45, 7) is 3.02. The quantitative estimate of drug-likeness (QED) is 0.762. The highest BCUT2D eigenvalue weighted by Crippen LogP contribution is 2.30. The van der Waals surface area contributed by atoms with Crippen LogP contribution >= 0.6 is 0 Å². The fraction of sp³-hybridized carbons (Fsp3) is 0.467. The van der Waals surface area contributed by atoms with Crippen molar-refractivity contribution >= 4 is 12.0 Å². The maximum Gasteiger partial charge on any atom is 0.150 e. The molecule has 2 rings (SSSR count). The average molecular weight is 242 g/mol. The summed E-state index contributed by atoms with van der Waals surface area (Å²) in [5, 5.41) is 9.23. The predicted octanol–water partition coefficient (Wildman–Crippen LogP) is 3.14. The van der Waals surface area contributed by atoms with E-state index in [1.807, 2.05) is 6.07 Å². The topological polar surface area (TPSA) is 44.1 Å². The second kappa shape index (κ2) is 5.68. The van der Waals surface area contributed by atoms with E-state index in [-0.39, 0.29) is 0 Å². The molecule has 0 saturated heterocycles. The summed E-state index contributed by atoms with van der Waals surface area (Å²) < 4.78 is 0. The van der Waals surface area contributed by atoms with Crippen LogP contribution < -0.4 is 4.90 Å². The third kappa shape index (κ3) is 2.38. The van der Waals surface area contributed by atoms with Gasteiger partial charge in [0.25, 0.3) is 0 Å². The lowest BCUT2D eigenvalue weighted by Crippen LogP contribution is -2.33. The highest BCUT2D eigenvalue weighted by Gasteiger charge is 2.23. The van der Waals surface area contributed by atoms with Crippen molar-refractivity contribution in [3.63, 3.8) is 0 Å². The van der Waals surface area contributed by atoms with E-state index in [1.165, 1.54) is 25.7 Å². The second-order valence-electron chi connectivity index (χ2n) is 4.73. The summed E-state index contributed by atoms with van der Waals surface area (Å²) in [5.74, 6) is 0. The van der Waals surface area contributed by atoms with Gasteiger partial charge in [0.2, 0.25) is 0 Å². The van der Waals surface area contributed by atoms with Crippen molar-refractivity contribution in [2.45, 2.75) is 38.6 Å². The SMILES string of the molecule is CCN(c1ccc(C=O)cc1C#N)C1CCCC1. The normalized spacial score (nSPS) is 15.3. The van der Waals surface area contributed by atoms with Crippen LogP contribution in [0, 0.1) is 11.3 Å². The smallest absolute Gasteiger partial charge is 0.150 e. The first kappa shape index (κ1) is 12.6. The first-order valence-corrected chi connectivity index (χ1v) is 6.56. The molecular formula is C15H18N2O. The standard InChI is InChI=1S/C15H18N2O/c1-2-17(14-5-3-4-6-14)15-8-7-12(11-18)9-13(15)10-16/h7-9,11,14H,2-6H2,1H3. The summed E-state index contributed by atoms with van der Waals surface area (Å²) in [6.07, 6.45) is 5.74. The molecule has 1 aromatic rings. The van der Waals surface area contributed by atoms with E-state index >= 15 is 0 Å². The molecule has 0 aromatic heterocycles. The number of hydrogen-bond donors (Lipinski definition) is 0. The van der Waals surface area contributed by atoms with Gasteiger partial charge in [-0.1, -0.05) is 12.8 Å². The highest BCUT2D eigenvalue weighted by molar-refractivity contribution is 5.78. The van der Waals surface area contributed by atoms with Crippen LogP contribution in [0.25, 0.3) is 0 Å². The summed E-state index contributed by atoms with van der Waals surface area (Å²) in [4.78, 5) is 13.1. The van der Waals surface area contributed by atoms with E-state index in [2.05, 4.69) is 17.9 Å². The van der Waals surface area contributed by atoms with Gasteiger partial charge in [-0.05, 0) is 38.0 Å². The molecule has 1 saturated carbocycles. The number of carbonyl (C=O) groups is 1. The lowest BCUT2D eigenvalue weighted by molar-refractivity contribution is 0.112. The van der Waals surface area contributed by atoms with Crippen molar-refractivity contribution in [1.29, 1.82) is 5.26 Å². The molecule has 3 heteroatoms. The monoisotopic (exact) mass is 242 g/mol. The first-order chi connectivity index (χ1) is 8.80. The average Bonchev–Trinajstić information content (AvgIpc) is 2.94. The molecule has 94 valence electrons. The van der Waals surface area contributed by atoms with Gasteiger partial charge in [-0.15, -0.1) is 0 Å². The minimum absolute atomic E-state index is 0.546. The van der Waals surface area contributed by atoms with Gasteiger partial charge in [-0.2, -0.15) is 5.26 Å². The zero-order chi connectivity index (χ0) is 13.0. The fourth-order valence-corrected chi connectivity index (χ4v) is 2.81. The molecule has 0 spiro atoms. The molecule has 1 aliphatic carbocycles. The van der Waals surface area contributed by atoms with Crippen molar-refractivity contribution in [1.82, 2.24) is 0 Å². The van der Waals surface area contributed by atoms with E-state index in [4.69, 9.17) is 0 Å². The van der Waals surface area contributed by atoms with E-state index in [0.717, 1.165) is 18.5 Å². The Morgan fingerprint density at radius 1 is 1.44 bits per heavy atom. The first-order valence-electron chi connectivity index (χ1n) is 6.56. The number of rotatable bonds is 4. The van der Waals surface area contributed by atoms with E-state index in [9.17, 15) is 10.1 Å². The van der Waals surface area contributed by atoms with Crippen molar-refractivity contribution in [2.75, 3.05) is 11.4 Å². The van der Waals surface area contributed by atoms with Crippen LogP contribution in [-0.2, 0) is 0 Å². The molecule has 0 aliphatic heterocycles. The fourth-order valence-electron chi connectivity index (χ4n) is 2.81. The van der Waals surface area contributed by atoms with Gasteiger partial charge in [0.15, 0.2) is 0 Å². The van der Waals surface area contributed by atoms with Gasteiger partial charge < -0.3 is 4.90 Å². The van der Waals surface area contributed by atoms with E-state index in [0.29, 0.717) is 17.2 Å². The van der Waals surface area contributed by atoms with Crippen LogP contribution in [0.5, 0.6) is 0 Å². The van der Waals surface area contributed by atoms with Gasteiger partial charge in [-0.25, -0.2) is 0 Å². The van der Waals surface area contributed by atoms with Gasteiger partial charge in [0.1, 0.15) is 12.4 Å². The van der Waals surface area contributed by atoms with Crippen LogP contribution in [0.2, 0.25) is 0 Å². The van der Waals surface area contributed by atoms with E-state index < -0.39 is 0 Å². The molecule has 0 heterocycles. The van der Waals surface area contributed by atoms with Crippen molar-refractivity contribution in [3.8, 4) is 6.07 Å². The van der Waals surface area contributed by atoms with Gasteiger partial charge in [0.05, 0.1) is 11.3 Å². The van der Waals surface area contributed by atoms with Gasteiger partial charge >= 0.3 is 0 Å². The number of aldehydes is 1. The second-order valence-corrected chi connectivity index (χ2v) is 4.73. The Labute approximate surface area is 108 Å². The highest BCUT2D eigenvalue weighted by atomic mass is 16.1. The Bertz CT molecular complexity index is 470.